The van der Waals surface area contributed by atoms with Crippen LogP contribution in [0.25, 0.3) is 21.7 Å². The maximum Gasteiger partial charge on any atom is 0.208 e. The lowest BCUT2D eigenvalue weighted by molar-refractivity contribution is 0.176. The van der Waals surface area contributed by atoms with Crippen molar-refractivity contribution < 1.29 is 9.50 Å². The number of halogens is 1. The monoisotopic (exact) mass is 400 g/mol. The zero-order valence-corrected chi connectivity index (χ0v) is 16.2. The van der Waals surface area contributed by atoms with Crippen LogP contribution in [0.3, 0.4) is 0 Å². The van der Waals surface area contributed by atoms with Gasteiger partial charge in [0.1, 0.15) is 11.9 Å². The number of aromatic amines is 1. The average molecular weight is 400 g/mol. The lowest BCUT2D eigenvalue weighted by Gasteiger charge is -2.38. The zero-order chi connectivity index (χ0) is 19.3. The first-order valence-corrected chi connectivity index (χ1v) is 10.2. The molecule has 2 saturated heterocycles. The van der Waals surface area contributed by atoms with Gasteiger partial charge in [-0.3, -0.25) is 5.10 Å². The number of fused-ring (bicyclic) bond motifs is 2. The highest BCUT2D eigenvalue weighted by Crippen LogP contribution is 2.39. The van der Waals surface area contributed by atoms with Crippen LogP contribution in [-0.2, 0) is 0 Å². The first-order valence-electron chi connectivity index (χ1n) is 9.39. The molecule has 2 aromatic heterocycles. The van der Waals surface area contributed by atoms with Gasteiger partial charge in [0.2, 0.25) is 5.13 Å². The van der Waals surface area contributed by atoms with Crippen LogP contribution in [0.15, 0.2) is 30.6 Å². The third-order valence-electron chi connectivity index (χ3n) is 5.83. The van der Waals surface area contributed by atoms with Crippen LogP contribution in [0.5, 0.6) is 5.75 Å². The van der Waals surface area contributed by atoms with Crippen molar-refractivity contribution in [2.75, 3.05) is 11.9 Å². The molecule has 7 nitrogen and oxygen atoms in total. The van der Waals surface area contributed by atoms with Crippen LogP contribution in [0.4, 0.5) is 9.52 Å². The van der Waals surface area contributed by atoms with E-state index < -0.39 is 6.17 Å². The maximum absolute atomic E-state index is 14.9. The van der Waals surface area contributed by atoms with Gasteiger partial charge in [0.15, 0.2) is 5.01 Å². The summed E-state index contributed by atoms with van der Waals surface area (Å²) in [6.07, 6.45) is 5.26. The predicted molar refractivity (Wildman–Crippen MR) is 106 cm³/mol. The molecule has 146 valence electrons. The Bertz CT molecular complexity index is 977. The minimum absolute atomic E-state index is 0.0573. The van der Waals surface area contributed by atoms with Gasteiger partial charge in [-0.1, -0.05) is 17.4 Å². The van der Waals surface area contributed by atoms with Gasteiger partial charge >= 0.3 is 0 Å². The molecule has 3 aromatic rings. The second-order valence-electron chi connectivity index (χ2n) is 7.51. The zero-order valence-electron chi connectivity index (χ0n) is 15.3. The average Bonchev–Trinajstić information content (AvgIpc) is 3.45. The summed E-state index contributed by atoms with van der Waals surface area (Å²) in [6, 6.07) is 5.55. The maximum atomic E-state index is 14.9. The fourth-order valence-electron chi connectivity index (χ4n) is 4.26. The second-order valence-corrected chi connectivity index (χ2v) is 8.47. The first-order chi connectivity index (χ1) is 13.6. The van der Waals surface area contributed by atoms with E-state index in [1.165, 1.54) is 11.3 Å². The molecule has 3 N–H and O–H groups in total. The predicted octanol–water partition coefficient (Wildman–Crippen LogP) is 2.97. The molecule has 4 heterocycles. The first kappa shape index (κ1) is 17.6. The molecule has 0 amide bonds. The van der Waals surface area contributed by atoms with Crippen molar-refractivity contribution in [1.29, 1.82) is 0 Å². The van der Waals surface area contributed by atoms with E-state index in [9.17, 15) is 9.50 Å². The number of rotatable bonds is 4. The van der Waals surface area contributed by atoms with E-state index in [4.69, 9.17) is 0 Å². The molecule has 4 atom stereocenters. The fourth-order valence-corrected chi connectivity index (χ4v) is 5.16. The van der Waals surface area contributed by atoms with E-state index in [0.717, 1.165) is 30.4 Å². The number of alkyl halides is 1. The largest absolute Gasteiger partial charge is 0.507 e. The Kier molecular flexibility index (Phi) is 4.28. The van der Waals surface area contributed by atoms with Crippen molar-refractivity contribution in [2.24, 2.45) is 0 Å². The van der Waals surface area contributed by atoms with E-state index in [0.29, 0.717) is 21.7 Å². The highest BCUT2D eigenvalue weighted by Gasteiger charge is 2.44. The molecule has 0 saturated carbocycles. The van der Waals surface area contributed by atoms with Crippen LogP contribution in [0.1, 0.15) is 19.3 Å². The number of hydrogen-bond acceptors (Lipinski definition) is 7. The topological polar surface area (TPSA) is 90.0 Å². The molecular formula is C19H21FN6OS. The number of aromatic nitrogens is 4. The number of piperidine rings is 1. The van der Waals surface area contributed by atoms with Crippen molar-refractivity contribution >= 4 is 16.5 Å². The van der Waals surface area contributed by atoms with Gasteiger partial charge in [-0.2, -0.15) is 5.10 Å². The van der Waals surface area contributed by atoms with Crippen LogP contribution >= 0.6 is 11.3 Å². The minimum atomic E-state index is -0.918. The Morgan fingerprint density at radius 3 is 2.93 bits per heavy atom. The molecule has 5 rings (SSSR count). The normalized spacial score (nSPS) is 26.5. The summed E-state index contributed by atoms with van der Waals surface area (Å²) in [5.74, 6) is 0.132. The van der Waals surface area contributed by atoms with Gasteiger partial charge < -0.3 is 15.3 Å². The molecule has 2 aliphatic heterocycles. The molecular weight excluding hydrogens is 379 g/mol. The number of hydrogen-bond donors (Lipinski definition) is 3. The van der Waals surface area contributed by atoms with Crippen LogP contribution < -0.4 is 10.2 Å². The SMILES string of the molecule is CN(c1nnc(-c2ccc(-c3cn[nH]c3)cc2O)s1)[C@H]1CC2CCC(N2)[C@H]1F. The number of H-pyrrole nitrogens is 1. The molecule has 0 aliphatic carbocycles. The molecule has 2 unspecified atom stereocenters. The van der Waals surface area contributed by atoms with Crippen LogP contribution in [0, 0.1) is 0 Å². The summed E-state index contributed by atoms with van der Waals surface area (Å²) in [5.41, 5.74) is 2.38. The van der Waals surface area contributed by atoms with Gasteiger partial charge in [0.05, 0.1) is 17.8 Å². The molecule has 2 fully saturated rings. The molecule has 2 aliphatic rings. The van der Waals surface area contributed by atoms with Crippen molar-refractivity contribution in [3.8, 4) is 27.4 Å². The molecule has 1 aromatic carbocycles. The number of anilines is 1. The summed E-state index contributed by atoms with van der Waals surface area (Å²) in [6.45, 7) is 0. The second kappa shape index (κ2) is 6.82. The number of nitrogens with one attached hydrogen (secondary N) is 2. The van der Waals surface area contributed by atoms with Gasteiger partial charge in [0, 0.05) is 30.9 Å². The Morgan fingerprint density at radius 1 is 1.25 bits per heavy atom. The lowest BCUT2D eigenvalue weighted by Crippen LogP contribution is -2.55. The number of aromatic hydroxyl groups is 1. The van der Waals surface area contributed by atoms with E-state index in [1.54, 1.807) is 18.5 Å². The van der Waals surface area contributed by atoms with Crippen molar-refractivity contribution in [2.45, 2.75) is 43.6 Å². The molecule has 28 heavy (non-hydrogen) atoms. The lowest BCUT2D eigenvalue weighted by atomic mass is 9.97. The molecule has 9 heteroatoms. The summed E-state index contributed by atoms with van der Waals surface area (Å²) in [4.78, 5) is 1.91. The summed E-state index contributed by atoms with van der Waals surface area (Å²) >= 11 is 1.37. The number of nitrogens with zero attached hydrogens (tertiary/aromatic N) is 4. The minimum Gasteiger partial charge on any atom is -0.507 e. The Hall–Kier alpha value is -2.52. The van der Waals surface area contributed by atoms with E-state index >= 15 is 0 Å². The third kappa shape index (κ3) is 2.94. The standard InChI is InChI=1S/C19H21FN6OS/c1-26(15-7-12-3-5-14(23-12)17(15)20)19-25-24-18(28-19)13-4-2-10(6-16(13)27)11-8-21-22-9-11/h2,4,6,8-9,12,14-15,17,23,27H,3,5,7H2,1H3,(H,21,22)/t12?,14?,15-,17+/m0/s1. The molecule has 0 spiro atoms. The van der Waals surface area contributed by atoms with Crippen LogP contribution in [-0.4, -0.2) is 56.8 Å². The summed E-state index contributed by atoms with van der Waals surface area (Å²) < 4.78 is 14.9. The molecule has 2 bridgehead atoms. The van der Waals surface area contributed by atoms with E-state index in [1.807, 2.05) is 24.1 Å². The highest BCUT2D eigenvalue weighted by molar-refractivity contribution is 7.18. The third-order valence-corrected chi connectivity index (χ3v) is 6.87. The Balaban J connectivity index is 1.39. The van der Waals surface area contributed by atoms with Crippen molar-refractivity contribution in [3.63, 3.8) is 0 Å². The van der Waals surface area contributed by atoms with Gasteiger partial charge in [-0.25, -0.2) is 4.39 Å². The van der Waals surface area contributed by atoms with Crippen LogP contribution in [0.2, 0.25) is 0 Å². The van der Waals surface area contributed by atoms with Gasteiger partial charge in [-0.15, -0.1) is 10.2 Å². The smallest absolute Gasteiger partial charge is 0.208 e. The van der Waals surface area contributed by atoms with E-state index in [-0.39, 0.29) is 17.8 Å². The summed E-state index contributed by atoms with van der Waals surface area (Å²) in [7, 11) is 1.88. The Morgan fingerprint density at radius 2 is 2.14 bits per heavy atom. The molecule has 0 radical (unpaired) electrons. The van der Waals surface area contributed by atoms with Gasteiger partial charge in [0.25, 0.3) is 0 Å². The van der Waals surface area contributed by atoms with E-state index in [2.05, 4.69) is 25.7 Å². The van der Waals surface area contributed by atoms with Gasteiger partial charge in [-0.05, 0) is 37.0 Å². The summed E-state index contributed by atoms with van der Waals surface area (Å²) in [5, 5.41) is 30.3. The fraction of sp³-hybridized carbons (Fsp3) is 0.421. The van der Waals surface area contributed by atoms with Crippen molar-refractivity contribution in [1.82, 2.24) is 25.7 Å². The Labute approximate surface area is 165 Å². The highest BCUT2D eigenvalue weighted by atomic mass is 32.1. The number of phenolic OH excluding ortho intramolecular Hbond substituents is 1. The van der Waals surface area contributed by atoms with Crippen molar-refractivity contribution in [3.05, 3.63) is 30.6 Å². The number of phenols is 1. The quantitative estimate of drug-likeness (QED) is 0.624. The number of benzene rings is 1.